The quantitative estimate of drug-likeness (QED) is 0.474. The van der Waals surface area contributed by atoms with Gasteiger partial charge >= 0.3 is 5.97 Å². The van der Waals surface area contributed by atoms with E-state index < -0.39 is 22.4 Å². The van der Waals surface area contributed by atoms with Crippen LogP contribution in [-0.4, -0.2) is 18.1 Å². The molecule has 1 saturated heterocycles. The molecule has 0 aromatic heterocycles. The van der Waals surface area contributed by atoms with Crippen molar-refractivity contribution in [3.05, 3.63) is 34.6 Å². The Kier molecular flexibility index (Phi) is 2.84. The van der Waals surface area contributed by atoms with Crippen molar-refractivity contribution in [3.63, 3.8) is 0 Å². The molecule has 1 aliphatic rings. The molecule has 1 aromatic rings. The van der Waals surface area contributed by atoms with Crippen LogP contribution < -0.4 is 0 Å². The van der Waals surface area contributed by atoms with Gasteiger partial charge in [-0.1, -0.05) is 29.3 Å². The van der Waals surface area contributed by atoms with Crippen LogP contribution in [0.25, 0.3) is 0 Å². The summed E-state index contributed by atoms with van der Waals surface area (Å²) in [7, 11) is 1.21. The first kappa shape index (κ1) is 12.6. The third kappa shape index (κ3) is 1.71. The van der Waals surface area contributed by atoms with Crippen molar-refractivity contribution in [2.24, 2.45) is 0 Å². The van der Waals surface area contributed by atoms with Gasteiger partial charge in [0.25, 0.3) is 5.06 Å². The van der Waals surface area contributed by atoms with E-state index >= 15 is 0 Å². The summed E-state index contributed by atoms with van der Waals surface area (Å²) in [5, 5.41) is -1.62. The third-order valence-electron chi connectivity index (χ3n) is 2.84. The molecule has 2 unspecified atom stereocenters. The first-order valence-electron chi connectivity index (χ1n) is 4.78. The van der Waals surface area contributed by atoms with Crippen LogP contribution in [0.3, 0.4) is 0 Å². The molecule has 1 aromatic carbocycles. The van der Waals surface area contributed by atoms with Crippen molar-refractivity contribution in [2.75, 3.05) is 7.11 Å². The molecule has 1 heterocycles. The van der Waals surface area contributed by atoms with Gasteiger partial charge in [-0.15, -0.1) is 0 Å². The smallest absolute Gasteiger partial charge is 0.357 e. The molecule has 0 aliphatic carbocycles. The standard InChI is InChI=1S/C11H9Cl2FO3/c1-10(11(13,17-10)9(15)16-2)6-3-4-8(14)7(12)5-6/h3-5H,1-2H3. The normalized spacial score (nSPS) is 31.1. The predicted molar refractivity (Wildman–Crippen MR) is 60.4 cm³/mol. The van der Waals surface area contributed by atoms with E-state index in [0.29, 0.717) is 5.56 Å². The molecule has 0 bridgehead atoms. The van der Waals surface area contributed by atoms with E-state index in [9.17, 15) is 9.18 Å². The molecule has 2 atom stereocenters. The zero-order valence-electron chi connectivity index (χ0n) is 9.09. The molecular formula is C11H9Cl2FO3. The number of methoxy groups -OCH3 is 1. The lowest BCUT2D eigenvalue weighted by Crippen LogP contribution is -2.26. The number of carbonyl (C=O) groups excluding carboxylic acids is 1. The Hall–Kier alpha value is -0.840. The predicted octanol–water partition coefficient (Wildman–Crippen LogP) is 2.83. The molecule has 1 fully saturated rings. The minimum absolute atomic E-state index is 0.0527. The third-order valence-corrected chi connectivity index (χ3v) is 3.72. The highest BCUT2D eigenvalue weighted by Crippen LogP contribution is 2.59. The fraction of sp³-hybridized carbons (Fsp3) is 0.364. The first-order valence-corrected chi connectivity index (χ1v) is 5.54. The van der Waals surface area contributed by atoms with Crippen LogP contribution in [0.2, 0.25) is 5.02 Å². The Morgan fingerprint density at radius 2 is 2.18 bits per heavy atom. The number of hydrogen-bond acceptors (Lipinski definition) is 3. The zero-order chi connectivity index (χ0) is 12.8. The topological polar surface area (TPSA) is 38.8 Å². The second-order valence-electron chi connectivity index (χ2n) is 3.85. The fourth-order valence-electron chi connectivity index (χ4n) is 1.66. The molecule has 0 amide bonds. The summed E-state index contributed by atoms with van der Waals surface area (Å²) in [6, 6.07) is 4.04. The number of benzene rings is 1. The minimum Gasteiger partial charge on any atom is -0.466 e. The van der Waals surface area contributed by atoms with Crippen LogP contribution in [0.15, 0.2) is 18.2 Å². The van der Waals surface area contributed by atoms with Gasteiger partial charge in [-0.2, -0.15) is 0 Å². The van der Waals surface area contributed by atoms with Gasteiger partial charge in [0.1, 0.15) is 11.4 Å². The highest BCUT2D eigenvalue weighted by atomic mass is 35.5. The van der Waals surface area contributed by atoms with Crippen molar-refractivity contribution in [2.45, 2.75) is 17.6 Å². The van der Waals surface area contributed by atoms with E-state index in [2.05, 4.69) is 4.74 Å². The lowest BCUT2D eigenvalue weighted by molar-refractivity contribution is -0.143. The molecule has 0 N–H and O–H groups in total. The van der Waals surface area contributed by atoms with Crippen molar-refractivity contribution >= 4 is 29.2 Å². The van der Waals surface area contributed by atoms with Gasteiger partial charge in [0.15, 0.2) is 0 Å². The van der Waals surface area contributed by atoms with E-state index in [0.717, 1.165) is 0 Å². The van der Waals surface area contributed by atoms with E-state index in [1.807, 2.05) is 0 Å². The summed E-state index contributed by atoms with van der Waals surface area (Å²) in [6.45, 7) is 1.61. The number of rotatable bonds is 2. The summed E-state index contributed by atoms with van der Waals surface area (Å²) >= 11 is 11.7. The summed E-state index contributed by atoms with van der Waals surface area (Å²) < 4.78 is 22.8. The maximum atomic E-state index is 13.0. The number of epoxide rings is 1. The largest absolute Gasteiger partial charge is 0.466 e. The Morgan fingerprint density at radius 1 is 1.53 bits per heavy atom. The molecule has 1 aliphatic heterocycles. The number of esters is 1. The molecule has 17 heavy (non-hydrogen) atoms. The van der Waals surface area contributed by atoms with Crippen molar-refractivity contribution in [3.8, 4) is 0 Å². The van der Waals surface area contributed by atoms with Crippen LogP contribution in [0.1, 0.15) is 12.5 Å². The summed E-state index contributed by atoms with van der Waals surface area (Å²) in [6.07, 6.45) is 0. The zero-order valence-corrected chi connectivity index (χ0v) is 10.6. The van der Waals surface area contributed by atoms with Gasteiger partial charge < -0.3 is 9.47 Å². The molecule has 0 spiro atoms. The lowest BCUT2D eigenvalue weighted by Gasteiger charge is -2.10. The number of carbonyl (C=O) groups is 1. The molecule has 92 valence electrons. The number of hydrogen-bond donors (Lipinski definition) is 0. The average Bonchev–Trinajstić information content (AvgIpc) is 2.87. The van der Waals surface area contributed by atoms with E-state index in [-0.39, 0.29) is 5.02 Å². The van der Waals surface area contributed by atoms with Crippen LogP contribution in [0.4, 0.5) is 4.39 Å². The van der Waals surface area contributed by atoms with E-state index in [1.165, 1.54) is 25.3 Å². The Labute approximate surface area is 107 Å². The first-order chi connectivity index (χ1) is 7.85. The van der Waals surface area contributed by atoms with Gasteiger partial charge in [-0.3, -0.25) is 0 Å². The second kappa shape index (κ2) is 3.83. The second-order valence-corrected chi connectivity index (χ2v) is 4.79. The Bertz CT molecular complexity index is 494. The van der Waals surface area contributed by atoms with Crippen molar-refractivity contribution in [1.29, 1.82) is 0 Å². The molecule has 0 saturated carbocycles. The maximum Gasteiger partial charge on any atom is 0.357 e. The summed E-state index contributed by atoms with van der Waals surface area (Å²) in [5.41, 5.74) is -0.539. The number of halogens is 3. The highest BCUT2D eigenvalue weighted by molar-refractivity contribution is 6.36. The van der Waals surface area contributed by atoms with Crippen LogP contribution in [0, 0.1) is 5.82 Å². The van der Waals surface area contributed by atoms with Gasteiger partial charge in [-0.05, 0) is 24.6 Å². The van der Waals surface area contributed by atoms with Crippen molar-refractivity contribution in [1.82, 2.24) is 0 Å². The molecule has 6 heteroatoms. The van der Waals surface area contributed by atoms with Gasteiger partial charge in [-0.25, -0.2) is 9.18 Å². The monoisotopic (exact) mass is 278 g/mol. The maximum absolute atomic E-state index is 13.0. The van der Waals surface area contributed by atoms with Crippen LogP contribution in [-0.2, 0) is 19.9 Å². The minimum atomic E-state index is -1.57. The Morgan fingerprint density at radius 3 is 2.71 bits per heavy atom. The molecule has 3 nitrogen and oxygen atoms in total. The van der Waals surface area contributed by atoms with Crippen LogP contribution >= 0.6 is 23.2 Å². The lowest BCUT2D eigenvalue weighted by atomic mass is 9.97. The fourth-order valence-corrected chi connectivity index (χ4v) is 2.18. The molecule has 0 radical (unpaired) electrons. The molecule has 2 rings (SSSR count). The highest BCUT2D eigenvalue weighted by Gasteiger charge is 2.73. The van der Waals surface area contributed by atoms with Gasteiger partial charge in [0, 0.05) is 0 Å². The van der Waals surface area contributed by atoms with Crippen molar-refractivity contribution < 1.29 is 18.7 Å². The number of alkyl halides is 1. The van der Waals surface area contributed by atoms with E-state index in [1.54, 1.807) is 6.92 Å². The number of ether oxygens (including phenoxy) is 2. The summed E-state index contributed by atoms with van der Waals surface area (Å²) in [4.78, 5) is 11.5. The van der Waals surface area contributed by atoms with E-state index in [4.69, 9.17) is 27.9 Å². The summed E-state index contributed by atoms with van der Waals surface area (Å²) in [5.74, 6) is -1.24. The average molecular weight is 279 g/mol. The molecular weight excluding hydrogens is 270 g/mol. The Balaban J connectivity index is 2.36. The van der Waals surface area contributed by atoms with Gasteiger partial charge in [0.05, 0.1) is 12.1 Å². The SMILES string of the molecule is COC(=O)C1(Cl)OC1(C)c1ccc(F)c(Cl)c1. The van der Waals surface area contributed by atoms with Crippen LogP contribution in [0.5, 0.6) is 0 Å². The van der Waals surface area contributed by atoms with Gasteiger partial charge in [0.2, 0.25) is 0 Å².